The minimum Gasteiger partial charge on any atom is -0.481 e. The second kappa shape index (κ2) is 20.0. The van der Waals surface area contributed by atoms with E-state index in [1.54, 1.807) is 6.08 Å². The molecule has 0 aromatic heterocycles. The first kappa shape index (κ1) is 22.9. The molecule has 2 heteroatoms. The van der Waals surface area contributed by atoms with Crippen LogP contribution in [0.1, 0.15) is 109 Å². The summed E-state index contributed by atoms with van der Waals surface area (Å²) in [6.07, 6.45) is 27.3. The number of allylic oxidation sites excluding steroid dienone is 2. The molecule has 0 aliphatic carbocycles. The lowest BCUT2D eigenvalue weighted by molar-refractivity contribution is -0.136. The number of carbonyl (C=O) groups is 1. The van der Waals surface area contributed by atoms with Crippen LogP contribution in [0, 0.1) is 0 Å². The molecule has 1 N–H and O–H groups in total. The van der Waals surface area contributed by atoms with Gasteiger partial charge in [0.1, 0.15) is 0 Å². The van der Waals surface area contributed by atoms with Gasteiger partial charge in [-0.2, -0.15) is 0 Å². The highest BCUT2D eigenvalue weighted by molar-refractivity contribution is 5.68. The van der Waals surface area contributed by atoms with Gasteiger partial charge in [0, 0.05) is 0 Å². The maximum Gasteiger partial charge on any atom is 0.307 e. The van der Waals surface area contributed by atoms with Gasteiger partial charge in [0.15, 0.2) is 0 Å². The van der Waals surface area contributed by atoms with Gasteiger partial charge >= 0.3 is 5.97 Å². The van der Waals surface area contributed by atoms with E-state index in [1.807, 2.05) is 12.2 Å². The molecule has 0 radical (unpaired) electrons. The Hall–Kier alpha value is -1.05. The molecule has 0 rings (SSSR count). The van der Waals surface area contributed by atoms with Gasteiger partial charge in [-0.15, -0.1) is 6.58 Å². The zero-order valence-corrected chi connectivity index (χ0v) is 15.8. The standard InChI is InChI=1S/C22H40O2/c1-2-3-4-5-6-7-8-9-10-11-12-13-14-15-16-17-18-19-20-21-22(23)24/h2,19-20H,1,3-18,21H2,(H,23,24). The van der Waals surface area contributed by atoms with Gasteiger partial charge in [-0.1, -0.05) is 95.3 Å². The van der Waals surface area contributed by atoms with Crippen molar-refractivity contribution in [3.63, 3.8) is 0 Å². The van der Waals surface area contributed by atoms with E-state index in [4.69, 9.17) is 5.11 Å². The average Bonchev–Trinajstić information content (AvgIpc) is 2.56. The van der Waals surface area contributed by atoms with Gasteiger partial charge in [0.25, 0.3) is 0 Å². The van der Waals surface area contributed by atoms with Crippen LogP contribution in [0.3, 0.4) is 0 Å². The van der Waals surface area contributed by atoms with Crippen LogP contribution in [0.4, 0.5) is 0 Å². The predicted molar refractivity (Wildman–Crippen MR) is 105 cm³/mol. The fraction of sp³-hybridized carbons (Fsp3) is 0.773. The van der Waals surface area contributed by atoms with Crippen molar-refractivity contribution in [1.29, 1.82) is 0 Å². The number of unbranched alkanes of at least 4 members (excludes halogenated alkanes) is 15. The molecule has 0 saturated carbocycles. The molecule has 0 fully saturated rings. The number of carboxylic acid groups (broad SMARTS) is 1. The first-order valence-electron chi connectivity index (χ1n) is 10.2. The van der Waals surface area contributed by atoms with Crippen molar-refractivity contribution in [2.24, 2.45) is 0 Å². The van der Waals surface area contributed by atoms with Crippen LogP contribution in [0.2, 0.25) is 0 Å². The first-order valence-corrected chi connectivity index (χ1v) is 10.2. The normalized spacial score (nSPS) is 11.2. The van der Waals surface area contributed by atoms with E-state index in [0.717, 1.165) is 6.42 Å². The highest BCUT2D eigenvalue weighted by atomic mass is 16.4. The van der Waals surface area contributed by atoms with Crippen LogP contribution >= 0.6 is 0 Å². The fourth-order valence-corrected chi connectivity index (χ4v) is 2.97. The SMILES string of the molecule is C=CCCCCCCCCCCCCCCCCC=CCC(=O)O. The highest BCUT2D eigenvalue weighted by Crippen LogP contribution is 2.13. The second-order valence-corrected chi connectivity index (χ2v) is 6.89. The number of rotatable bonds is 19. The number of aliphatic carboxylic acids is 1. The van der Waals surface area contributed by atoms with Crippen molar-refractivity contribution in [3.05, 3.63) is 24.8 Å². The Balaban J connectivity index is 3.04. The Morgan fingerprint density at radius 1 is 0.625 bits per heavy atom. The van der Waals surface area contributed by atoms with Gasteiger partial charge in [-0.25, -0.2) is 0 Å². The molecular weight excluding hydrogens is 296 g/mol. The van der Waals surface area contributed by atoms with Gasteiger partial charge in [-0.3, -0.25) is 4.79 Å². The molecule has 0 aliphatic heterocycles. The van der Waals surface area contributed by atoms with Crippen molar-refractivity contribution in [3.8, 4) is 0 Å². The van der Waals surface area contributed by atoms with Gasteiger partial charge in [0.05, 0.1) is 6.42 Å². The van der Waals surface area contributed by atoms with E-state index < -0.39 is 5.97 Å². The summed E-state index contributed by atoms with van der Waals surface area (Å²) in [5, 5.41) is 8.50. The third kappa shape index (κ3) is 20.9. The molecule has 0 spiro atoms. The van der Waals surface area contributed by atoms with Crippen LogP contribution in [-0.4, -0.2) is 11.1 Å². The number of carboxylic acids is 1. The topological polar surface area (TPSA) is 37.3 Å². The lowest BCUT2D eigenvalue weighted by atomic mass is 10.0. The van der Waals surface area contributed by atoms with E-state index in [1.165, 1.54) is 96.3 Å². The Kier molecular flexibility index (Phi) is 19.1. The monoisotopic (exact) mass is 336 g/mol. The van der Waals surface area contributed by atoms with Crippen LogP contribution < -0.4 is 0 Å². The molecule has 0 unspecified atom stereocenters. The summed E-state index contributed by atoms with van der Waals surface area (Å²) in [7, 11) is 0. The molecule has 140 valence electrons. The Bertz CT molecular complexity index is 307. The number of hydrogen-bond donors (Lipinski definition) is 1. The zero-order valence-electron chi connectivity index (χ0n) is 15.8. The summed E-state index contributed by atoms with van der Waals surface area (Å²) in [6, 6.07) is 0. The van der Waals surface area contributed by atoms with Crippen molar-refractivity contribution >= 4 is 5.97 Å². The third-order valence-corrected chi connectivity index (χ3v) is 4.49. The van der Waals surface area contributed by atoms with Gasteiger partial charge in [-0.05, 0) is 25.7 Å². The van der Waals surface area contributed by atoms with E-state index in [-0.39, 0.29) is 6.42 Å². The second-order valence-electron chi connectivity index (χ2n) is 6.89. The summed E-state index contributed by atoms with van der Waals surface area (Å²) in [5.41, 5.74) is 0. The van der Waals surface area contributed by atoms with E-state index in [2.05, 4.69) is 6.58 Å². The lowest BCUT2D eigenvalue weighted by Crippen LogP contribution is -1.89. The van der Waals surface area contributed by atoms with E-state index in [9.17, 15) is 4.79 Å². The highest BCUT2D eigenvalue weighted by Gasteiger charge is 1.94. The van der Waals surface area contributed by atoms with Crippen LogP contribution in [-0.2, 0) is 4.79 Å². The van der Waals surface area contributed by atoms with Crippen molar-refractivity contribution in [2.75, 3.05) is 0 Å². The summed E-state index contributed by atoms with van der Waals surface area (Å²) in [6.45, 7) is 3.76. The first-order chi connectivity index (χ1) is 11.8. The third-order valence-electron chi connectivity index (χ3n) is 4.49. The summed E-state index contributed by atoms with van der Waals surface area (Å²) >= 11 is 0. The molecule has 0 aromatic carbocycles. The quantitative estimate of drug-likeness (QED) is 0.196. The predicted octanol–water partition coefficient (Wildman–Crippen LogP) is 7.44. The molecule has 0 aromatic rings. The van der Waals surface area contributed by atoms with Crippen LogP contribution in [0.25, 0.3) is 0 Å². The molecule has 0 heterocycles. The molecule has 0 atom stereocenters. The summed E-state index contributed by atoms with van der Waals surface area (Å²) in [4.78, 5) is 10.3. The van der Waals surface area contributed by atoms with Crippen molar-refractivity contribution in [1.82, 2.24) is 0 Å². The van der Waals surface area contributed by atoms with Crippen LogP contribution in [0.15, 0.2) is 24.8 Å². The minimum absolute atomic E-state index is 0.162. The molecule has 2 nitrogen and oxygen atoms in total. The summed E-state index contributed by atoms with van der Waals surface area (Å²) < 4.78 is 0. The molecule has 0 aliphatic rings. The molecular formula is C22H40O2. The summed E-state index contributed by atoms with van der Waals surface area (Å²) in [5.74, 6) is -0.741. The minimum atomic E-state index is -0.741. The Morgan fingerprint density at radius 2 is 1.00 bits per heavy atom. The fourth-order valence-electron chi connectivity index (χ4n) is 2.97. The maximum absolute atomic E-state index is 10.3. The molecule has 0 amide bonds. The van der Waals surface area contributed by atoms with E-state index >= 15 is 0 Å². The van der Waals surface area contributed by atoms with Crippen LogP contribution in [0.5, 0.6) is 0 Å². The van der Waals surface area contributed by atoms with Gasteiger partial charge in [0.2, 0.25) is 0 Å². The average molecular weight is 337 g/mol. The van der Waals surface area contributed by atoms with Gasteiger partial charge < -0.3 is 5.11 Å². The maximum atomic E-state index is 10.3. The number of hydrogen-bond acceptors (Lipinski definition) is 1. The van der Waals surface area contributed by atoms with Crippen molar-refractivity contribution in [2.45, 2.75) is 109 Å². The molecule has 0 saturated heterocycles. The Morgan fingerprint density at radius 3 is 1.38 bits per heavy atom. The van der Waals surface area contributed by atoms with E-state index in [0.29, 0.717) is 0 Å². The molecule has 24 heavy (non-hydrogen) atoms. The molecule has 0 bridgehead atoms. The zero-order chi connectivity index (χ0) is 17.7. The largest absolute Gasteiger partial charge is 0.481 e. The van der Waals surface area contributed by atoms with Crippen molar-refractivity contribution < 1.29 is 9.90 Å². The lowest BCUT2D eigenvalue weighted by Gasteiger charge is -2.03. The Labute approximate surface area is 150 Å². The smallest absolute Gasteiger partial charge is 0.307 e.